The fourth-order valence-corrected chi connectivity index (χ4v) is 1.02. The molecule has 0 atom stereocenters. The number of rotatable bonds is 3. The third-order valence-electron chi connectivity index (χ3n) is 1.63. The highest BCUT2D eigenvalue weighted by Crippen LogP contribution is 2.08. The smallest absolute Gasteiger partial charge is 0.220 e. The summed E-state index contributed by atoms with van der Waals surface area (Å²) in [5, 5.41) is 3.42. The quantitative estimate of drug-likeness (QED) is 0.789. The van der Waals surface area contributed by atoms with Crippen LogP contribution in [0.2, 0.25) is 5.02 Å². The van der Waals surface area contributed by atoms with E-state index in [0.717, 1.165) is 5.56 Å². The van der Waals surface area contributed by atoms with Gasteiger partial charge in [-0.25, -0.2) is 0 Å². The van der Waals surface area contributed by atoms with E-state index in [0.29, 0.717) is 11.6 Å². The monoisotopic (exact) mass is 196 g/mol. The van der Waals surface area contributed by atoms with Crippen LogP contribution >= 0.6 is 11.6 Å². The van der Waals surface area contributed by atoms with E-state index in [1.54, 1.807) is 12.1 Å². The van der Waals surface area contributed by atoms with Crippen LogP contribution in [-0.4, -0.2) is 5.91 Å². The molecule has 69 valence electrons. The fourth-order valence-electron chi connectivity index (χ4n) is 0.891. The molecule has 0 heterocycles. The Kier molecular flexibility index (Phi) is 3.77. The summed E-state index contributed by atoms with van der Waals surface area (Å²) in [5.74, 6) is -0.0463. The Balaban J connectivity index is 2.46. The number of hydrogen-bond acceptors (Lipinski definition) is 1. The van der Waals surface area contributed by atoms with E-state index < -0.39 is 0 Å². The molecule has 0 aliphatic rings. The molecule has 2 nitrogen and oxygen atoms in total. The van der Waals surface area contributed by atoms with Crippen molar-refractivity contribution in [2.24, 2.45) is 0 Å². The predicted molar refractivity (Wildman–Crippen MR) is 53.3 cm³/mol. The molecule has 0 unspecified atom stereocenters. The molecule has 0 saturated heterocycles. The lowest BCUT2D eigenvalue weighted by Gasteiger charge is -2.02. The molecule has 1 aromatic carbocycles. The lowest BCUT2D eigenvalue weighted by molar-refractivity contribution is -0.120. The van der Waals surface area contributed by atoms with Gasteiger partial charge in [0.2, 0.25) is 5.91 Å². The molecular formula is C10H11ClNO. The number of amides is 1. The topological polar surface area (TPSA) is 29.1 Å². The summed E-state index contributed by atoms with van der Waals surface area (Å²) in [7, 11) is 0. The zero-order valence-corrected chi connectivity index (χ0v) is 7.97. The van der Waals surface area contributed by atoms with Crippen LogP contribution in [-0.2, 0) is 11.3 Å². The average Bonchev–Trinajstić information content (AvgIpc) is 2.16. The highest BCUT2D eigenvalue weighted by Gasteiger charge is 1.96. The van der Waals surface area contributed by atoms with Gasteiger partial charge in [-0.05, 0) is 24.6 Å². The van der Waals surface area contributed by atoms with E-state index in [-0.39, 0.29) is 12.3 Å². The van der Waals surface area contributed by atoms with Gasteiger partial charge in [0.15, 0.2) is 0 Å². The maximum Gasteiger partial charge on any atom is 0.220 e. The highest BCUT2D eigenvalue weighted by molar-refractivity contribution is 6.30. The van der Waals surface area contributed by atoms with Crippen LogP contribution in [0.1, 0.15) is 12.0 Å². The number of benzene rings is 1. The Labute approximate surface area is 82.9 Å². The molecular weight excluding hydrogens is 186 g/mol. The molecule has 0 aliphatic carbocycles. The molecule has 3 heteroatoms. The van der Waals surface area contributed by atoms with E-state index in [4.69, 9.17) is 11.6 Å². The van der Waals surface area contributed by atoms with Crippen LogP contribution in [0.15, 0.2) is 24.3 Å². The minimum atomic E-state index is -0.0463. The first-order valence-corrected chi connectivity index (χ1v) is 4.40. The minimum Gasteiger partial charge on any atom is -0.352 e. The molecule has 1 radical (unpaired) electrons. The molecule has 1 amide bonds. The SMILES string of the molecule is [CH2]CC(=O)NCc1ccc(Cl)cc1. The normalized spacial score (nSPS) is 9.69. The molecule has 0 aliphatic heterocycles. The van der Waals surface area contributed by atoms with E-state index >= 15 is 0 Å². The van der Waals surface area contributed by atoms with E-state index in [1.165, 1.54) is 0 Å². The number of carbonyl (C=O) groups is 1. The van der Waals surface area contributed by atoms with Crippen LogP contribution < -0.4 is 5.32 Å². The van der Waals surface area contributed by atoms with E-state index in [9.17, 15) is 4.79 Å². The Bertz CT molecular complexity index is 281. The van der Waals surface area contributed by atoms with Crippen molar-refractivity contribution in [1.29, 1.82) is 0 Å². The van der Waals surface area contributed by atoms with Crippen molar-refractivity contribution in [2.45, 2.75) is 13.0 Å². The van der Waals surface area contributed by atoms with Crippen LogP contribution in [0, 0.1) is 6.92 Å². The summed E-state index contributed by atoms with van der Waals surface area (Å²) in [4.78, 5) is 10.9. The molecule has 1 rings (SSSR count). The summed E-state index contributed by atoms with van der Waals surface area (Å²) in [6, 6.07) is 7.36. The maximum absolute atomic E-state index is 10.9. The summed E-state index contributed by atoms with van der Waals surface area (Å²) in [5.41, 5.74) is 1.03. The second-order valence-electron chi connectivity index (χ2n) is 2.65. The first-order chi connectivity index (χ1) is 6.22. The minimum absolute atomic E-state index is 0.0463. The largest absolute Gasteiger partial charge is 0.352 e. The van der Waals surface area contributed by atoms with Gasteiger partial charge in [0, 0.05) is 18.0 Å². The molecule has 0 saturated carbocycles. The van der Waals surface area contributed by atoms with Crippen molar-refractivity contribution in [3.8, 4) is 0 Å². The number of nitrogens with one attached hydrogen (secondary N) is 1. The van der Waals surface area contributed by atoms with Crippen LogP contribution in [0.3, 0.4) is 0 Å². The molecule has 1 aromatic rings. The van der Waals surface area contributed by atoms with Crippen molar-refractivity contribution in [2.75, 3.05) is 0 Å². The van der Waals surface area contributed by atoms with Crippen LogP contribution in [0.5, 0.6) is 0 Å². The Morgan fingerprint density at radius 3 is 2.54 bits per heavy atom. The first kappa shape index (κ1) is 10.1. The van der Waals surface area contributed by atoms with Gasteiger partial charge in [-0.3, -0.25) is 4.79 Å². The van der Waals surface area contributed by atoms with Gasteiger partial charge in [-0.2, -0.15) is 0 Å². The summed E-state index contributed by atoms with van der Waals surface area (Å²) >= 11 is 5.70. The summed E-state index contributed by atoms with van der Waals surface area (Å²) in [6.07, 6.45) is 0.271. The van der Waals surface area contributed by atoms with Crippen molar-refractivity contribution in [1.82, 2.24) is 5.32 Å². The number of hydrogen-bond donors (Lipinski definition) is 1. The summed E-state index contributed by atoms with van der Waals surface area (Å²) in [6.45, 7) is 4.01. The van der Waals surface area contributed by atoms with Gasteiger partial charge in [-0.1, -0.05) is 23.7 Å². The predicted octanol–water partition coefficient (Wildman–Crippen LogP) is 2.18. The standard InChI is InChI=1S/C10H11ClNO/c1-2-10(13)12-7-8-3-5-9(11)6-4-8/h3-6H,1-2,7H2,(H,12,13). The van der Waals surface area contributed by atoms with E-state index in [1.807, 2.05) is 12.1 Å². The van der Waals surface area contributed by atoms with Crippen molar-refractivity contribution in [3.05, 3.63) is 41.8 Å². The molecule has 0 aromatic heterocycles. The Hall–Kier alpha value is -1.02. The van der Waals surface area contributed by atoms with Gasteiger partial charge in [0.25, 0.3) is 0 Å². The molecule has 0 spiro atoms. The Morgan fingerprint density at radius 1 is 1.38 bits per heavy atom. The number of carbonyl (C=O) groups excluding carboxylic acids is 1. The fraction of sp³-hybridized carbons (Fsp3) is 0.200. The lowest BCUT2D eigenvalue weighted by atomic mass is 10.2. The van der Waals surface area contributed by atoms with Gasteiger partial charge in [-0.15, -0.1) is 0 Å². The zero-order valence-electron chi connectivity index (χ0n) is 7.22. The van der Waals surface area contributed by atoms with Crippen molar-refractivity contribution in [3.63, 3.8) is 0 Å². The van der Waals surface area contributed by atoms with Gasteiger partial charge >= 0.3 is 0 Å². The van der Waals surface area contributed by atoms with Gasteiger partial charge in [0.1, 0.15) is 0 Å². The van der Waals surface area contributed by atoms with Crippen molar-refractivity contribution >= 4 is 17.5 Å². The number of halogens is 1. The molecule has 0 bridgehead atoms. The van der Waals surface area contributed by atoms with Crippen molar-refractivity contribution < 1.29 is 4.79 Å². The van der Waals surface area contributed by atoms with E-state index in [2.05, 4.69) is 12.2 Å². The first-order valence-electron chi connectivity index (χ1n) is 4.03. The lowest BCUT2D eigenvalue weighted by Crippen LogP contribution is -2.21. The second-order valence-corrected chi connectivity index (χ2v) is 3.09. The summed E-state index contributed by atoms with van der Waals surface area (Å²) < 4.78 is 0. The van der Waals surface area contributed by atoms with Crippen LogP contribution in [0.25, 0.3) is 0 Å². The molecule has 1 N–H and O–H groups in total. The third kappa shape index (κ3) is 3.47. The molecule has 13 heavy (non-hydrogen) atoms. The second kappa shape index (κ2) is 4.87. The van der Waals surface area contributed by atoms with Gasteiger partial charge in [0.05, 0.1) is 0 Å². The third-order valence-corrected chi connectivity index (χ3v) is 1.88. The average molecular weight is 197 g/mol. The van der Waals surface area contributed by atoms with Gasteiger partial charge < -0.3 is 5.32 Å². The maximum atomic E-state index is 10.9. The molecule has 0 fully saturated rings. The van der Waals surface area contributed by atoms with Crippen LogP contribution in [0.4, 0.5) is 0 Å². The highest BCUT2D eigenvalue weighted by atomic mass is 35.5. The zero-order chi connectivity index (χ0) is 9.68. The Morgan fingerprint density at radius 2 is 2.00 bits per heavy atom.